The lowest BCUT2D eigenvalue weighted by atomic mass is 9.73. The molecule has 2 unspecified atom stereocenters. The van der Waals surface area contributed by atoms with Crippen molar-refractivity contribution in [2.75, 3.05) is 19.7 Å². The molecule has 0 radical (unpaired) electrons. The Balaban J connectivity index is 1.09. The number of carbonyl (C=O) groups is 7. The van der Waals surface area contributed by atoms with Gasteiger partial charge in [-0.2, -0.15) is 0 Å². The highest BCUT2D eigenvalue weighted by molar-refractivity contribution is 6.74. The number of carboxylic acid groups (broad SMARTS) is 1. The molecule has 5 rings (SSSR count). The number of carbonyl (C=O) groups excluding carboxylic acids is 6. The first-order valence-corrected chi connectivity index (χ1v) is 29.3. The second kappa shape index (κ2) is 28.6. The first kappa shape index (κ1) is 58.1. The monoisotopic (exact) mass is 1030 g/mol. The number of aliphatic carboxylic acids is 1. The maximum absolute atomic E-state index is 13.3. The van der Waals surface area contributed by atoms with Crippen molar-refractivity contribution in [2.45, 2.75) is 173 Å². The molecule has 1 aliphatic heterocycles. The Hall–Kier alpha value is -5.81. The minimum absolute atomic E-state index is 0.0262. The lowest BCUT2D eigenvalue weighted by molar-refractivity contribution is -0.147. The first-order valence-electron chi connectivity index (χ1n) is 26.4. The third-order valence-electron chi connectivity index (χ3n) is 14.8. The molecule has 400 valence electrons. The molecule has 1 heterocycles. The van der Waals surface area contributed by atoms with Gasteiger partial charge in [0.15, 0.2) is 14.9 Å². The lowest BCUT2D eigenvalue weighted by Gasteiger charge is -2.40. The normalized spacial score (nSPS) is 21.1. The van der Waals surface area contributed by atoms with E-state index in [1.807, 2.05) is 42.5 Å². The van der Waals surface area contributed by atoms with E-state index in [-0.39, 0.29) is 48.2 Å². The summed E-state index contributed by atoms with van der Waals surface area (Å²) in [6, 6.07) is 14.3. The van der Waals surface area contributed by atoms with Gasteiger partial charge in [-0.25, -0.2) is 14.4 Å². The standard InChI is InChI=1S/C56H80N4O12Si/c1-7-8-10-21-41(71-52(65)30-28-50(62)58-32-16-14-23-46-55(68)59-45(54(67)60-46)22-13-15-31-57-49(61)27-29-51(63)64)25-26-42-43-33-39-20-17-24-47(69-37-53(66)70-36-38-18-11-9-12-19-38)44(39)34-40(43)35-48(42)72-73(5,6)56(2,3)4/h9,11-12,17-20,24,27-30,40-43,45-46,48H,7-8,10,13-16,21-23,25-26,31-37H2,1-6H3,(H,57,61)(H,58,62)(H,59,68)(H,60,67)(H,63,64)/b29-27+,30-28+/t40-,41-,42+,43-,45?,46?,48+/m0/s1. The quantitative estimate of drug-likeness (QED) is 0.0230. The van der Waals surface area contributed by atoms with Crippen LogP contribution in [0, 0.1) is 17.8 Å². The van der Waals surface area contributed by atoms with E-state index in [2.05, 4.69) is 68.1 Å². The summed E-state index contributed by atoms with van der Waals surface area (Å²) in [6.45, 7) is 14.2. The van der Waals surface area contributed by atoms with Crippen LogP contribution in [-0.2, 0) is 66.9 Å². The molecule has 17 heteroatoms. The van der Waals surface area contributed by atoms with Gasteiger partial charge < -0.3 is 45.0 Å². The Morgan fingerprint density at radius 1 is 0.781 bits per heavy atom. The van der Waals surface area contributed by atoms with Crippen LogP contribution < -0.4 is 26.0 Å². The van der Waals surface area contributed by atoms with E-state index in [0.29, 0.717) is 69.9 Å². The van der Waals surface area contributed by atoms with Gasteiger partial charge in [-0.3, -0.25) is 19.2 Å². The third kappa shape index (κ3) is 18.9. The van der Waals surface area contributed by atoms with Crippen LogP contribution in [0.2, 0.25) is 18.1 Å². The first-order chi connectivity index (χ1) is 34.8. The molecule has 2 aliphatic carbocycles. The number of esters is 2. The molecule has 16 nitrogen and oxygen atoms in total. The van der Waals surface area contributed by atoms with Crippen molar-refractivity contribution in [3.05, 3.63) is 89.5 Å². The third-order valence-corrected chi connectivity index (χ3v) is 19.4. The number of ether oxygens (including phenoxy) is 3. The van der Waals surface area contributed by atoms with Crippen molar-refractivity contribution in [1.29, 1.82) is 0 Å². The Labute approximate surface area is 432 Å². The van der Waals surface area contributed by atoms with Gasteiger partial charge in [-0.1, -0.05) is 83.0 Å². The molecule has 4 amide bonds. The molecule has 0 aromatic heterocycles. The molecular weight excluding hydrogens is 949 g/mol. The fourth-order valence-corrected chi connectivity index (χ4v) is 11.2. The fourth-order valence-electron chi connectivity index (χ4n) is 9.85. The van der Waals surface area contributed by atoms with E-state index in [1.54, 1.807) is 0 Å². The maximum Gasteiger partial charge on any atom is 0.344 e. The van der Waals surface area contributed by atoms with E-state index in [4.69, 9.17) is 23.7 Å². The van der Waals surface area contributed by atoms with Gasteiger partial charge in [0, 0.05) is 43.5 Å². The summed E-state index contributed by atoms with van der Waals surface area (Å²) in [5.74, 6) is -2.00. The van der Waals surface area contributed by atoms with Crippen molar-refractivity contribution in [2.24, 2.45) is 17.8 Å². The van der Waals surface area contributed by atoms with Crippen molar-refractivity contribution in [3.63, 3.8) is 0 Å². The summed E-state index contributed by atoms with van der Waals surface area (Å²) < 4.78 is 25.0. The average molecular weight is 1030 g/mol. The number of fused-ring (bicyclic) bond motifs is 2. The van der Waals surface area contributed by atoms with Crippen LogP contribution in [0.3, 0.4) is 0 Å². The second-order valence-corrected chi connectivity index (χ2v) is 26.1. The molecule has 1 saturated carbocycles. The minimum Gasteiger partial charge on any atom is -0.482 e. The number of rotatable bonds is 29. The Kier molecular flexibility index (Phi) is 22.7. The number of nitrogens with one attached hydrogen (secondary N) is 4. The molecule has 1 saturated heterocycles. The van der Waals surface area contributed by atoms with E-state index in [9.17, 15) is 33.6 Å². The summed E-state index contributed by atoms with van der Waals surface area (Å²) in [5.41, 5.74) is 3.29. The van der Waals surface area contributed by atoms with E-state index in [0.717, 1.165) is 80.4 Å². The molecule has 73 heavy (non-hydrogen) atoms. The van der Waals surface area contributed by atoms with Crippen LogP contribution in [0.15, 0.2) is 72.8 Å². The zero-order chi connectivity index (χ0) is 53.0. The Morgan fingerprint density at radius 2 is 1.42 bits per heavy atom. The van der Waals surface area contributed by atoms with Gasteiger partial charge in [-0.15, -0.1) is 0 Å². The predicted octanol–water partition coefficient (Wildman–Crippen LogP) is 7.58. The summed E-state index contributed by atoms with van der Waals surface area (Å²) in [5, 5.41) is 19.5. The SMILES string of the molecule is CCCCC[C@@H](CC[C@@H]1[C@H]2Cc3cccc(OCC(=O)OCc4ccccc4)c3C[C@H]2C[C@H]1O[Si](C)(C)C(C)(C)C)OC(=O)/C=C/C(=O)NCCCCC1NC(=O)C(CCCCNC(=O)/C=C/C(=O)O)NC1=O. The van der Waals surface area contributed by atoms with E-state index >= 15 is 0 Å². The van der Waals surface area contributed by atoms with Crippen molar-refractivity contribution >= 4 is 49.9 Å². The van der Waals surface area contributed by atoms with Crippen molar-refractivity contribution in [1.82, 2.24) is 21.3 Å². The Bertz CT molecular complexity index is 2240. The van der Waals surface area contributed by atoms with Gasteiger partial charge in [-0.05, 0) is 142 Å². The number of amides is 4. The van der Waals surface area contributed by atoms with Gasteiger partial charge in [0.05, 0.1) is 0 Å². The number of benzene rings is 2. The maximum atomic E-state index is 13.3. The zero-order valence-electron chi connectivity index (χ0n) is 43.8. The number of unbranched alkanes of at least 4 members (excludes halogenated alkanes) is 4. The number of hydrogen-bond acceptors (Lipinski definition) is 11. The van der Waals surface area contributed by atoms with Crippen LogP contribution in [0.4, 0.5) is 0 Å². The molecular formula is C56H80N4O12Si. The van der Waals surface area contributed by atoms with Crippen molar-refractivity contribution in [3.8, 4) is 5.75 Å². The van der Waals surface area contributed by atoms with Gasteiger partial charge in [0.1, 0.15) is 30.5 Å². The van der Waals surface area contributed by atoms with Crippen LogP contribution in [0.5, 0.6) is 5.75 Å². The topological polar surface area (TPSA) is 225 Å². The molecule has 7 atom stereocenters. The summed E-state index contributed by atoms with van der Waals surface area (Å²) in [6.07, 6.45) is 14.6. The highest BCUT2D eigenvalue weighted by atomic mass is 28.4. The van der Waals surface area contributed by atoms with E-state index < -0.39 is 50.1 Å². The zero-order valence-corrected chi connectivity index (χ0v) is 44.8. The number of hydrogen-bond donors (Lipinski definition) is 5. The molecule has 3 aliphatic rings. The molecule has 2 aromatic carbocycles. The molecule has 0 spiro atoms. The van der Waals surface area contributed by atoms with E-state index in [1.165, 1.54) is 17.7 Å². The summed E-state index contributed by atoms with van der Waals surface area (Å²) in [4.78, 5) is 86.3. The van der Waals surface area contributed by atoms with Crippen molar-refractivity contribution < 1.29 is 57.3 Å². The number of piperazine rings is 1. The minimum atomic E-state index is -2.16. The highest BCUT2D eigenvalue weighted by Gasteiger charge is 2.50. The predicted molar refractivity (Wildman–Crippen MR) is 279 cm³/mol. The largest absolute Gasteiger partial charge is 0.482 e. The molecule has 2 fully saturated rings. The van der Waals surface area contributed by atoms with Gasteiger partial charge >= 0.3 is 17.9 Å². The molecule has 2 aromatic rings. The molecule has 5 N–H and O–H groups in total. The smallest absolute Gasteiger partial charge is 0.344 e. The van der Waals surface area contributed by atoms with Crippen LogP contribution in [0.25, 0.3) is 0 Å². The van der Waals surface area contributed by atoms with Crippen LogP contribution in [-0.4, -0.2) is 98.9 Å². The summed E-state index contributed by atoms with van der Waals surface area (Å²) >= 11 is 0. The summed E-state index contributed by atoms with van der Waals surface area (Å²) in [7, 11) is -2.16. The molecule has 0 bridgehead atoms. The lowest BCUT2D eigenvalue weighted by Crippen LogP contribution is -2.61. The fraction of sp³-hybridized carbons (Fsp3) is 0.589. The number of carboxylic acids is 1. The van der Waals surface area contributed by atoms with Crippen LogP contribution in [0.1, 0.15) is 128 Å². The second-order valence-electron chi connectivity index (χ2n) is 21.3. The highest BCUT2D eigenvalue weighted by Crippen LogP contribution is 2.51. The Morgan fingerprint density at radius 3 is 2.04 bits per heavy atom. The van der Waals surface area contributed by atoms with Gasteiger partial charge in [0.2, 0.25) is 23.6 Å². The average Bonchev–Trinajstić information content (AvgIpc) is 3.67. The van der Waals surface area contributed by atoms with Gasteiger partial charge in [0.25, 0.3) is 0 Å². The van der Waals surface area contributed by atoms with Crippen LogP contribution >= 0.6 is 0 Å².